The van der Waals surface area contributed by atoms with E-state index in [4.69, 9.17) is 5.73 Å². The molecule has 4 heteroatoms. The SMILES string of the molecule is CC(N)C1CCN(CC(F)F)CC1. The summed E-state index contributed by atoms with van der Waals surface area (Å²) in [5.74, 6) is 0.522. The molecule has 0 aromatic rings. The van der Waals surface area contributed by atoms with Gasteiger partial charge in [0.05, 0.1) is 6.54 Å². The molecule has 2 nitrogen and oxygen atoms in total. The lowest BCUT2D eigenvalue weighted by molar-refractivity contribution is 0.0668. The molecular formula is C9H18F2N2. The number of nitrogens with zero attached hydrogens (tertiary/aromatic N) is 1. The van der Waals surface area contributed by atoms with Crippen LogP contribution in [0.4, 0.5) is 8.78 Å². The average molecular weight is 192 g/mol. The van der Waals surface area contributed by atoms with E-state index in [-0.39, 0.29) is 12.6 Å². The molecule has 1 aliphatic heterocycles. The van der Waals surface area contributed by atoms with E-state index in [2.05, 4.69) is 0 Å². The normalized spacial score (nSPS) is 23.8. The van der Waals surface area contributed by atoms with Crippen LogP contribution in [0.1, 0.15) is 19.8 Å². The topological polar surface area (TPSA) is 29.3 Å². The van der Waals surface area contributed by atoms with Crippen LogP contribution in [-0.4, -0.2) is 37.0 Å². The highest BCUT2D eigenvalue weighted by atomic mass is 19.3. The zero-order chi connectivity index (χ0) is 9.84. The van der Waals surface area contributed by atoms with Crippen molar-refractivity contribution in [3.8, 4) is 0 Å². The molecule has 1 atom stereocenters. The van der Waals surface area contributed by atoms with Gasteiger partial charge in [0.25, 0.3) is 6.43 Å². The quantitative estimate of drug-likeness (QED) is 0.730. The Balaban J connectivity index is 2.22. The molecule has 78 valence electrons. The first-order chi connectivity index (χ1) is 6.09. The van der Waals surface area contributed by atoms with Crippen LogP contribution in [0.2, 0.25) is 0 Å². The molecular weight excluding hydrogens is 174 g/mol. The van der Waals surface area contributed by atoms with Gasteiger partial charge >= 0.3 is 0 Å². The van der Waals surface area contributed by atoms with Crippen LogP contribution < -0.4 is 5.73 Å². The van der Waals surface area contributed by atoms with Crippen molar-refractivity contribution < 1.29 is 8.78 Å². The Bertz CT molecular complexity index is 143. The lowest BCUT2D eigenvalue weighted by Gasteiger charge is -2.33. The Morgan fingerprint density at radius 2 is 1.92 bits per heavy atom. The van der Waals surface area contributed by atoms with Gasteiger partial charge in [-0.25, -0.2) is 8.78 Å². The van der Waals surface area contributed by atoms with Crippen molar-refractivity contribution in [2.45, 2.75) is 32.2 Å². The second-order valence-electron chi connectivity index (χ2n) is 3.89. The van der Waals surface area contributed by atoms with E-state index in [9.17, 15) is 8.78 Å². The summed E-state index contributed by atoms with van der Waals surface area (Å²) in [5, 5.41) is 0. The Kier molecular flexibility index (Phi) is 4.06. The molecule has 0 amide bonds. The Morgan fingerprint density at radius 1 is 1.38 bits per heavy atom. The zero-order valence-electron chi connectivity index (χ0n) is 8.05. The lowest BCUT2D eigenvalue weighted by Crippen LogP contribution is -2.41. The largest absolute Gasteiger partial charge is 0.328 e. The fraction of sp³-hybridized carbons (Fsp3) is 1.00. The summed E-state index contributed by atoms with van der Waals surface area (Å²) >= 11 is 0. The minimum absolute atomic E-state index is 0.0777. The van der Waals surface area contributed by atoms with Gasteiger partial charge in [-0.1, -0.05) is 0 Å². The third-order valence-electron chi connectivity index (χ3n) is 2.77. The fourth-order valence-electron chi connectivity index (χ4n) is 1.86. The third kappa shape index (κ3) is 3.56. The highest BCUT2D eigenvalue weighted by Crippen LogP contribution is 2.19. The molecule has 1 saturated heterocycles. The van der Waals surface area contributed by atoms with E-state index >= 15 is 0 Å². The molecule has 0 aromatic heterocycles. The Hall–Kier alpha value is -0.220. The van der Waals surface area contributed by atoms with Crippen molar-refractivity contribution in [3.63, 3.8) is 0 Å². The standard InChI is InChI=1S/C9H18F2N2/c1-7(12)8-2-4-13(5-3-8)6-9(10)11/h7-9H,2-6,12H2,1H3. The molecule has 1 fully saturated rings. The van der Waals surface area contributed by atoms with Crippen LogP contribution >= 0.6 is 0 Å². The van der Waals surface area contributed by atoms with E-state index in [1.54, 1.807) is 0 Å². The van der Waals surface area contributed by atoms with E-state index in [0.717, 1.165) is 25.9 Å². The van der Waals surface area contributed by atoms with Gasteiger partial charge in [0, 0.05) is 6.04 Å². The average Bonchev–Trinajstić information content (AvgIpc) is 2.04. The van der Waals surface area contributed by atoms with Crippen molar-refractivity contribution >= 4 is 0 Å². The van der Waals surface area contributed by atoms with E-state index in [1.807, 2.05) is 11.8 Å². The van der Waals surface area contributed by atoms with E-state index < -0.39 is 6.43 Å². The predicted octanol–water partition coefficient (Wildman–Crippen LogP) is 1.31. The number of alkyl halides is 2. The number of piperidine rings is 1. The lowest BCUT2D eigenvalue weighted by atomic mass is 9.91. The Labute approximate surface area is 78.1 Å². The maximum absolute atomic E-state index is 12.0. The first kappa shape index (κ1) is 10.9. The molecule has 0 saturated carbocycles. The molecule has 2 N–H and O–H groups in total. The summed E-state index contributed by atoms with van der Waals surface area (Å²) in [6, 6.07) is 0.202. The Morgan fingerprint density at radius 3 is 2.31 bits per heavy atom. The summed E-state index contributed by atoms with van der Waals surface area (Å²) in [5.41, 5.74) is 5.75. The minimum Gasteiger partial charge on any atom is -0.328 e. The van der Waals surface area contributed by atoms with Crippen molar-refractivity contribution in [2.75, 3.05) is 19.6 Å². The van der Waals surface area contributed by atoms with Gasteiger partial charge in [-0.2, -0.15) is 0 Å². The molecule has 1 rings (SSSR count). The molecule has 0 aliphatic carbocycles. The first-order valence-corrected chi connectivity index (χ1v) is 4.85. The summed E-state index contributed by atoms with van der Waals surface area (Å²) in [6.07, 6.45) is -0.277. The number of hydrogen-bond donors (Lipinski definition) is 1. The fourth-order valence-corrected chi connectivity index (χ4v) is 1.86. The van der Waals surface area contributed by atoms with Crippen LogP contribution in [0.15, 0.2) is 0 Å². The van der Waals surface area contributed by atoms with Crippen molar-refractivity contribution in [1.82, 2.24) is 4.90 Å². The summed E-state index contributed by atoms with van der Waals surface area (Å²) in [7, 11) is 0. The van der Waals surface area contributed by atoms with E-state index in [1.165, 1.54) is 0 Å². The zero-order valence-corrected chi connectivity index (χ0v) is 8.05. The second-order valence-corrected chi connectivity index (χ2v) is 3.89. The molecule has 0 spiro atoms. The molecule has 1 heterocycles. The number of rotatable bonds is 3. The van der Waals surface area contributed by atoms with Crippen molar-refractivity contribution in [1.29, 1.82) is 0 Å². The van der Waals surface area contributed by atoms with Gasteiger partial charge in [0.2, 0.25) is 0 Å². The number of halogens is 2. The summed E-state index contributed by atoms with van der Waals surface area (Å²) in [4.78, 5) is 1.82. The third-order valence-corrected chi connectivity index (χ3v) is 2.77. The van der Waals surface area contributed by atoms with Gasteiger partial charge in [-0.3, -0.25) is 4.90 Å². The van der Waals surface area contributed by atoms with Crippen LogP contribution in [0, 0.1) is 5.92 Å². The number of nitrogens with two attached hydrogens (primary N) is 1. The number of hydrogen-bond acceptors (Lipinski definition) is 2. The smallest absolute Gasteiger partial charge is 0.251 e. The molecule has 13 heavy (non-hydrogen) atoms. The van der Waals surface area contributed by atoms with E-state index in [0.29, 0.717) is 5.92 Å². The maximum atomic E-state index is 12.0. The minimum atomic E-state index is -2.20. The molecule has 1 aliphatic rings. The number of likely N-dealkylation sites (tertiary alicyclic amines) is 1. The van der Waals surface area contributed by atoms with Crippen LogP contribution in [0.5, 0.6) is 0 Å². The van der Waals surface area contributed by atoms with Crippen molar-refractivity contribution in [3.05, 3.63) is 0 Å². The van der Waals surface area contributed by atoms with Crippen LogP contribution in [-0.2, 0) is 0 Å². The molecule has 0 aromatic carbocycles. The predicted molar refractivity (Wildman–Crippen MR) is 48.8 cm³/mol. The summed E-state index contributed by atoms with van der Waals surface area (Å²) < 4.78 is 24.0. The van der Waals surface area contributed by atoms with Gasteiger partial charge in [-0.15, -0.1) is 0 Å². The van der Waals surface area contributed by atoms with Crippen molar-refractivity contribution in [2.24, 2.45) is 11.7 Å². The molecule has 0 bridgehead atoms. The maximum Gasteiger partial charge on any atom is 0.251 e. The molecule has 0 radical (unpaired) electrons. The monoisotopic (exact) mass is 192 g/mol. The van der Waals surface area contributed by atoms with Crippen LogP contribution in [0.3, 0.4) is 0 Å². The highest BCUT2D eigenvalue weighted by molar-refractivity contribution is 4.77. The summed E-state index contributed by atoms with van der Waals surface area (Å²) in [6.45, 7) is 3.46. The van der Waals surface area contributed by atoms with Gasteiger partial charge in [-0.05, 0) is 38.8 Å². The van der Waals surface area contributed by atoms with Gasteiger partial charge in [0.1, 0.15) is 0 Å². The van der Waals surface area contributed by atoms with Gasteiger partial charge < -0.3 is 5.73 Å². The van der Waals surface area contributed by atoms with Gasteiger partial charge in [0.15, 0.2) is 0 Å². The van der Waals surface area contributed by atoms with Crippen LogP contribution in [0.25, 0.3) is 0 Å². The second kappa shape index (κ2) is 4.86. The highest BCUT2D eigenvalue weighted by Gasteiger charge is 2.23. The molecule has 1 unspecified atom stereocenters. The first-order valence-electron chi connectivity index (χ1n) is 4.85.